The van der Waals surface area contributed by atoms with Crippen molar-refractivity contribution in [2.24, 2.45) is 0 Å². The second kappa shape index (κ2) is 10.2. The number of nitrogens with one attached hydrogen (secondary N) is 2. The number of hydrogen-bond acceptors (Lipinski definition) is 5. The van der Waals surface area contributed by atoms with Crippen molar-refractivity contribution in [1.82, 2.24) is 10.3 Å². The molecule has 1 aliphatic heterocycles. The topological polar surface area (TPSA) is 83.6 Å². The lowest BCUT2D eigenvalue weighted by Crippen LogP contribution is -2.38. The molecule has 0 bridgehead atoms. The molecular weight excluding hydrogens is 424 g/mol. The summed E-state index contributed by atoms with van der Waals surface area (Å²) in [5.74, 6) is 1.53. The number of thioether (sulfide) groups is 1. The number of hydrogen-bond donors (Lipinski definition) is 2. The maximum atomic E-state index is 12.8. The molecule has 0 saturated heterocycles. The third kappa shape index (κ3) is 5.39. The molecule has 3 aromatic rings. The van der Waals surface area contributed by atoms with E-state index in [4.69, 9.17) is 4.74 Å². The van der Waals surface area contributed by atoms with Crippen LogP contribution in [0.1, 0.15) is 11.1 Å². The van der Waals surface area contributed by atoms with E-state index in [0.29, 0.717) is 18.8 Å². The second-order valence-corrected chi connectivity index (χ2v) is 8.34. The summed E-state index contributed by atoms with van der Waals surface area (Å²) in [5, 5.41) is 6.71. The molecule has 4 rings (SSSR count). The smallest absolute Gasteiger partial charge is 0.326 e. The van der Waals surface area contributed by atoms with Crippen LogP contribution in [0.5, 0.6) is 5.75 Å². The minimum Gasteiger partial charge on any atom is -0.497 e. The summed E-state index contributed by atoms with van der Waals surface area (Å²) >= 11 is 1.65. The number of methoxy groups -OCH3 is 1. The third-order valence-electron chi connectivity index (χ3n) is 5.06. The Bertz CT molecular complexity index is 1090. The molecule has 7 nitrogen and oxygen atoms in total. The number of aromatic nitrogens is 1. The second-order valence-electron chi connectivity index (χ2n) is 7.26. The summed E-state index contributed by atoms with van der Waals surface area (Å²) in [7, 11) is 1.62. The molecule has 2 aromatic carbocycles. The number of carbonyl (C=O) groups is 2. The molecule has 0 fully saturated rings. The molecule has 0 saturated carbocycles. The molecule has 1 aliphatic rings. The van der Waals surface area contributed by atoms with Gasteiger partial charge in [0.1, 0.15) is 10.8 Å². The van der Waals surface area contributed by atoms with Gasteiger partial charge < -0.3 is 15.4 Å². The van der Waals surface area contributed by atoms with Crippen LogP contribution in [0.25, 0.3) is 0 Å². The lowest BCUT2D eigenvalue weighted by atomic mass is 10.1. The minimum atomic E-state index is -0.190. The van der Waals surface area contributed by atoms with Crippen molar-refractivity contribution >= 4 is 35.1 Å². The fraction of sp³-hybridized carbons (Fsp3) is 0.208. The largest absolute Gasteiger partial charge is 0.497 e. The van der Waals surface area contributed by atoms with E-state index in [9.17, 15) is 9.59 Å². The normalized spacial score (nSPS) is 12.6. The zero-order chi connectivity index (χ0) is 22.3. The molecule has 0 radical (unpaired) electrons. The summed E-state index contributed by atoms with van der Waals surface area (Å²) in [6.07, 6.45) is 2.01. The third-order valence-corrected chi connectivity index (χ3v) is 6.03. The van der Waals surface area contributed by atoms with Crippen LogP contribution in [-0.2, 0) is 17.8 Å². The van der Waals surface area contributed by atoms with Crippen LogP contribution in [0, 0.1) is 0 Å². The van der Waals surface area contributed by atoms with Crippen molar-refractivity contribution in [1.29, 1.82) is 0 Å². The van der Waals surface area contributed by atoms with Gasteiger partial charge in [0.05, 0.1) is 19.2 Å². The zero-order valence-corrected chi connectivity index (χ0v) is 18.5. The maximum Gasteiger partial charge on any atom is 0.326 e. The van der Waals surface area contributed by atoms with Crippen molar-refractivity contribution < 1.29 is 14.3 Å². The van der Waals surface area contributed by atoms with E-state index < -0.39 is 0 Å². The Morgan fingerprint density at radius 3 is 2.56 bits per heavy atom. The van der Waals surface area contributed by atoms with E-state index in [1.807, 2.05) is 60.7 Å². The average molecular weight is 449 g/mol. The van der Waals surface area contributed by atoms with Gasteiger partial charge >= 0.3 is 6.03 Å². The van der Waals surface area contributed by atoms with Crippen molar-refractivity contribution in [3.63, 3.8) is 0 Å². The molecular formula is C24H24N4O3S. The molecule has 2 N–H and O–H groups in total. The number of benzene rings is 2. The van der Waals surface area contributed by atoms with Crippen LogP contribution in [0.2, 0.25) is 0 Å². The standard InChI is InChI=1S/C24H24N4O3S/c1-31-20-10-6-18(7-11-20)16-26-22(29)15-17-4-8-19(9-5-17)27-24(30)28-13-14-32-23-21(28)3-2-12-25-23/h2-12H,13-16H2,1H3,(H,26,29)(H,27,30). The Labute approximate surface area is 191 Å². The van der Waals surface area contributed by atoms with Gasteiger partial charge in [0.2, 0.25) is 5.91 Å². The predicted molar refractivity (Wildman–Crippen MR) is 126 cm³/mol. The van der Waals surface area contributed by atoms with E-state index in [-0.39, 0.29) is 18.4 Å². The van der Waals surface area contributed by atoms with Crippen LogP contribution in [-0.4, -0.2) is 36.3 Å². The molecule has 8 heteroatoms. The van der Waals surface area contributed by atoms with Gasteiger partial charge in [-0.15, -0.1) is 11.8 Å². The molecule has 0 unspecified atom stereocenters. The Kier molecular flexibility index (Phi) is 6.91. The SMILES string of the molecule is COc1ccc(CNC(=O)Cc2ccc(NC(=O)N3CCSc4ncccc43)cc2)cc1. The van der Waals surface area contributed by atoms with Gasteiger partial charge in [0.15, 0.2) is 0 Å². The molecule has 164 valence electrons. The first-order valence-corrected chi connectivity index (χ1v) is 11.3. The lowest BCUT2D eigenvalue weighted by molar-refractivity contribution is -0.120. The Hall–Kier alpha value is -3.52. The molecule has 0 aliphatic carbocycles. The fourth-order valence-electron chi connectivity index (χ4n) is 3.35. The van der Waals surface area contributed by atoms with Gasteiger partial charge in [-0.25, -0.2) is 9.78 Å². The Balaban J connectivity index is 1.29. The maximum absolute atomic E-state index is 12.8. The summed E-state index contributed by atoms with van der Waals surface area (Å²) < 4.78 is 5.14. The van der Waals surface area contributed by atoms with Crippen molar-refractivity contribution in [3.8, 4) is 5.75 Å². The molecule has 0 spiro atoms. The van der Waals surface area contributed by atoms with Gasteiger partial charge in [0.25, 0.3) is 0 Å². The summed E-state index contributed by atoms with van der Waals surface area (Å²) in [5.41, 5.74) is 3.39. The monoisotopic (exact) mass is 448 g/mol. The quantitative estimate of drug-likeness (QED) is 0.593. The van der Waals surface area contributed by atoms with Gasteiger partial charge in [-0.1, -0.05) is 24.3 Å². The van der Waals surface area contributed by atoms with Crippen LogP contribution < -0.4 is 20.3 Å². The molecule has 3 amide bonds. The molecule has 2 heterocycles. The first-order chi connectivity index (χ1) is 15.6. The van der Waals surface area contributed by atoms with Crippen LogP contribution in [0.4, 0.5) is 16.2 Å². The number of anilines is 2. The van der Waals surface area contributed by atoms with E-state index in [1.54, 1.807) is 30.0 Å². The first kappa shape index (κ1) is 21.7. The van der Waals surface area contributed by atoms with E-state index >= 15 is 0 Å². The van der Waals surface area contributed by atoms with Crippen molar-refractivity contribution in [3.05, 3.63) is 78.0 Å². The summed E-state index contributed by atoms with van der Waals surface area (Å²) in [6, 6.07) is 18.5. The highest BCUT2D eigenvalue weighted by Crippen LogP contribution is 2.32. The minimum absolute atomic E-state index is 0.0625. The molecule has 32 heavy (non-hydrogen) atoms. The highest BCUT2D eigenvalue weighted by Gasteiger charge is 2.23. The zero-order valence-electron chi connectivity index (χ0n) is 17.7. The van der Waals surface area contributed by atoms with Crippen molar-refractivity contribution in [2.45, 2.75) is 18.0 Å². The number of rotatable bonds is 6. The Morgan fingerprint density at radius 2 is 1.81 bits per heavy atom. The number of amides is 3. The number of urea groups is 1. The Morgan fingerprint density at radius 1 is 1.06 bits per heavy atom. The number of fused-ring (bicyclic) bond motifs is 1. The number of carbonyl (C=O) groups excluding carboxylic acids is 2. The molecule has 1 aromatic heterocycles. The van der Waals surface area contributed by atoms with Gasteiger partial charge in [0, 0.05) is 30.7 Å². The van der Waals surface area contributed by atoms with Gasteiger partial charge in [-0.3, -0.25) is 9.69 Å². The van der Waals surface area contributed by atoms with E-state index in [1.165, 1.54) is 0 Å². The van der Waals surface area contributed by atoms with Crippen LogP contribution in [0.15, 0.2) is 71.9 Å². The highest BCUT2D eigenvalue weighted by molar-refractivity contribution is 7.99. The first-order valence-electron chi connectivity index (χ1n) is 10.3. The lowest BCUT2D eigenvalue weighted by Gasteiger charge is -2.28. The average Bonchev–Trinajstić information content (AvgIpc) is 2.84. The highest BCUT2D eigenvalue weighted by atomic mass is 32.2. The van der Waals surface area contributed by atoms with Crippen LogP contribution in [0.3, 0.4) is 0 Å². The van der Waals surface area contributed by atoms with Crippen LogP contribution >= 0.6 is 11.8 Å². The number of nitrogens with zero attached hydrogens (tertiary/aromatic N) is 2. The molecule has 0 atom stereocenters. The predicted octanol–water partition coefficient (Wildman–Crippen LogP) is 4.09. The van der Waals surface area contributed by atoms with Gasteiger partial charge in [-0.2, -0.15) is 0 Å². The van der Waals surface area contributed by atoms with Gasteiger partial charge in [-0.05, 0) is 47.5 Å². The van der Waals surface area contributed by atoms with Crippen molar-refractivity contribution in [2.75, 3.05) is 29.6 Å². The number of ether oxygens (including phenoxy) is 1. The van der Waals surface area contributed by atoms with E-state index in [2.05, 4.69) is 15.6 Å². The summed E-state index contributed by atoms with van der Waals surface area (Å²) in [6.45, 7) is 1.09. The fourth-order valence-corrected chi connectivity index (χ4v) is 4.28. The number of pyridine rings is 1. The summed E-state index contributed by atoms with van der Waals surface area (Å²) in [4.78, 5) is 31.1. The van der Waals surface area contributed by atoms with E-state index in [0.717, 1.165) is 33.3 Å².